The summed E-state index contributed by atoms with van der Waals surface area (Å²) in [7, 11) is 0. The number of carbonyl (C=O) groups is 1. The van der Waals surface area contributed by atoms with Crippen molar-refractivity contribution in [3.8, 4) is 5.75 Å². The first-order valence-electron chi connectivity index (χ1n) is 10.2. The van der Waals surface area contributed by atoms with Gasteiger partial charge in [-0.05, 0) is 37.6 Å². The molecule has 0 aliphatic rings. The molecule has 0 aliphatic heterocycles. The van der Waals surface area contributed by atoms with Crippen molar-refractivity contribution >= 4 is 39.2 Å². The minimum absolute atomic E-state index is 0.143. The molecule has 0 saturated carbocycles. The fourth-order valence-corrected chi connectivity index (χ4v) is 4.11. The summed E-state index contributed by atoms with van der Waals surface area (Å²) in [4.78, 5) is 12.7. The standard InChI is InChI=1S/C25H24ClNO4/c1-3-31-25(29)23-16(2)27(12-13-30-15-17-8-10-18(26)11-9-17)24-20-7-5-4-6-19(20)22(28)14-21(23)24/h4-11,14,28H,3,12-13,15H2,1-2H3. The average molecular weight is 438 g/mol. The van der Waals surface area contributed by atoms with Crippen LogP contribution in [0.3, 0.4) is 0 Å². The number of hydrogen-bond acceptors (Lipinski definition) is 4. The van der Waals surface area contributed by atoms with Crippen molar-refractivity contribution in [2.24, 2.45) is 0 Å². The van der Waals surface area contributed by atoms with Crippen LogP contribution in [0, 0.1) is 6.92 Å². The van der Waals surface area contributed by atoms with Crippen LogP contribution in [0.15, 0.2) is 54.6 Å². The zero-order chi connectivity index (χ0) is 22.0. The molecule has 0 amide bonds. The highest BCUT2D eigenvalue weighted by molar-refractivity contribution is 6.30. The molecule has 0 bridgehead atoms. The van der Waals surface area contributed by atoms with E-state index in [0.717, 1.165) is 27.5 Å². The van der Waals surface area contributed by atoms with Crippen LogP contribution in [0.5, 0.6) is 5.75 Å². The molecular weight excluding hydrogens is 414 g/mol. The first-order chi connectivity index (χ1) is 15.0. The number of esters is 1. The molecule has 4 aromatic rings. The Kier molecular flexibility index (Phi) is 6.16. The Bertz CT molecular complexity index is 1240. The molecule has 31 heavy (non-hydrogen) atoms. The maximum atomic E-state index is 12.7. The van der Waals surface area contributed by atoms with E-state index in [9.17, 15) is 9.90 Å². The first kappa shape index (κ1) is 21.2. The predicted octanol–water partition coefficient (Wildman–Crippen LogP) is 5.86. The summed E-state index contributed by atoms with van der Waals surface area (Å²) in [5.41, 5.74) is 3.21. The Morgan fingerprint density at radius 2 is 1.77 bits per heavy atom. The molecule has 0 unspecified atom stereocenters. The van der Waals surface area contributed by atoms with Gasteiger partial charge in [0.25, 0.3) is 0 Å². The number of fused-ring (bicyclic) bond motifs is 3. The van der Waals surface area contributed by atoms with Crippen molar-refractivity contribution in [2.75, 3.05) is 13.2 Å². The van der Waals surface area contributed by atoms with Crippen molar-refractivity contribution in [2.45, 2.75) is 27.0 Å². The van der Waals surface area contributed by atoms with Crippen LogP contribution >= 0.6 is 11.6 Å². The topological polar surface area (TPSA) is 60.7 Å². The number of aromatic nitrogens is 1. The molecule has 0 aliphatic carbocycles. The van der Waals surface area contributed by atoms with Gasteiger partial charge in [0, 0.05) is 33.4 Å². The molecule has 0 saturated heterocycles. The zero-order valence-electron chi connectivity index (χ0n) is 17.5. The minimum atomic E-state index is -0.388. The summed E-state index contributed by atoms with van der Waals surface area (Å²) in [6, 6.07) is 16.9. The van der Waals surface area contributed by atoms with Crippen LogP contribution in [0.2, 0.25) is 5.02 Å². The SMILES string of the molecule is CCOC(=O)c1c(C)n(CCOCc2ccc(Cl)cc2)c2c1cc(O)c1ccccc12. The second kappa shape index (κ2) is 9.00. The second-order valence-electron chi connectivity index (χ2n) is 7.35. The summed E-state index contributed by atoms with van der Waals surface area (Å²) in [5, 5.41) is 13.6. The Hall–Kier alpha value is -3.02. The largest absolute Gasteiger partial charge is 0.507 e. The Balaban J connectivity index is 1.71. The highest BCUT2D eigenvalue weighted by Gasteiger charge is 2.23. The number of phenolic OH excluding ortho intramolecular Hbond substituents is 1. The fraction of sp³-hybridized carbons (Fsp3) is 0.240. The lowest BCUT2D eigenvalue weighted by molar-refractivity contribution is 0.0527. The van der Waals surface area contributed by atoms with Crippen LogP contribution in [-0.2, 0) is 22.6 Å². The molecule has 6 heteroatoms. The molecule has 0 fully saturated rings. The summed E-state index contributed by atoms with van der Waals surface area (Å²) in [5.74, 6) is -0.245. The number of carbonyl (C=O) groups excluding carboxylic acids is 1. The molecule has 160 valence electrons. The Morgan fingerprint density at radius 3 is 2.48 bits per heavy atom. The molecular formula is C25H24ClNO4. The van der Waals surface area contributed by atoms with Gasteiger partial charge in [-0.15, -0.1) is 0 Å². The van der Waals surface area contributed by atoms with Gasteiger partial charge in [-0.25, -0.2) is 4.79 Å². The molecule has 1 aromatic heterocycles. The van der Waals surface area contributed by atoms with E-state index in [4.69, 9.17) is 21.1 Å². The number of benzene rings is 3. The van der Waals surface area contributed by atoms with E-state index in [1.807, 2.05) is 55.5 Å². The maximum absolute atomic E-state index is 12.7. The van der Waals surface area contributed by atoms with E-state index >= 15 is 0 Å². The van der Waals surface area contributed by atoms with Gasteiger partial charge in [-0.3, -0.25) is 0 Å². The van der Waals surface area contributed by atoms with Crippen LogP contribution < -0.4 is 0 Å². The molecule has 1 N–H and O–H groups in total. The van der Waals surface area contributed by atoms with Crippen molar-refractivity contribution in [1.29, 1.82) is 0 Å². The highest BCUT2D eigenvalue weighted by atomic mass is 35.5. The Labute approximate surface area is 185 Å². The van der Waals surface area contributed by atoms with Crippen molar-refractivity contribution in [3.63, 3.8) is 0 Å². The summed E-state index contributed by atoms with van der Waals surface area (Å²) in [6.45, 7) is 5.46. The quantitative estimate of drug-likeness (QED) is 0.291. The van der Waals surface area contributed by atoms with E-state index in [1.54, 1.807) is 13.0 Å². The first-order valence-corrected chi connectivity index (χ1v) is 10.6. The molecule has 3 aromatic carbocycles. The number of nitrogens with zero attached hydrogens (tertiary/aromatic N) is 1. The van der Waals surface area contributed by atoms with Crippen LogP contribution in [0.4, 0.5) is 0 Å². The second-order valence-corrected chi connectivity index (χ2v) is 7.79. The van der Waals surface area contributed by atoms with E-state index in [-0.39, 0.29) is 18.3 Å². The smallest absolute Gasteiger partial charge is 0.340 e. The van der Waals surface area contributed by atoms with Crippen LogP contribution in [0.25, 0.3) is 21.7 Å². The van der Waals surface area contributed by atoms with Crippen LogP contribution in [0.1, 0.15) is 28.5 Å². The van der Waals surface area contributed by atoms with Gasteiger partial charge in [0.1, 0.15) is 5.75 Å². The van der Waals surface area contributed by atoms with Gasteiger partial charge in [-0.1, -0.05) is 48.0 Å². The summed E-state index contributed by atoms with van der Waals surface area (Å²) < 4.78 is 13.3. The van der Waals surface area contributed by atoms with Gasteiger partial charge in [-0.2, -0.15) is 0 Å². The van der Waals surface area contributed by atoms with Gasteiger partial charge < -0.3 is 19.1 Å². The third kappa shape index (κ3) is 4.11. The van der Waals surface area contributed by atoms with Crippen molar-refractivity contribution < 1.29 is 19.4 Å². The van der Waals surface area contributed by atoms with Gasteiger partial charge in [0.05, 0.1) is 30.9 Å². The van der Waals surface area contributed by atoms with E-state index in [2.05, 4.69) is 4.57 Å². The number of aromatic hydroxyl groups is 1. The normalized spacial score (nSPS) is 11.3. The average Bonchev–Trinajstić information content (AvgIpc) is 3.04. The monoisotopic (exact) mass is 437 g/mol. The lowest BCUT2D eigenvalue weighted by Crippen LogP contribution is -2.10. The van der Waals surface area contributed by atoms with Crippen molar-refractivity contribution in [1.82, 2.24) is 4.57 Å². The molecule has 0 spiro atoms. The van der Waals surface area contributed by atoms with Gasteiger partial charge >= 0.3 is 5.97 Å². The lowest BCUT2D eigenvalue weighted by atomic mass is 10.0. The van der Waals surface area contributed by atoms with Crippen LogP contribution in [-0.4, -0.2) is 28.9 Å². The minimum Gasteiger partial charge on any atom is -0.507 e. The van der Waals surface area contributed by atoms with Gasteiger partial charge in [0.15, 0.2) is 0 Å². The van der Waals surface area contributed by atoms with E-state index in [0.29, 0.717) is 35.7 Å². The molecule has 5 nitrogen and oxygen atoms in total. The molecule has 0 atom stereocenters. The van der Waals surface area contributed by atoms with E-state index in [1.165, 1.54) is 0 Å². The highest BCUT2D eigenvalue weighted by Crippen LogP contribution is 2.37. The number of phenols is 1. The predicted molar refractivity (Wildman–Crippen MR) is 123 cm³/mol. The number of ether oxygens (including phenoxy) is 2. The lowest BCUT2D eigenvalue weighted by Gasteiger charge is -2.12. The summed E-state index contributed by atoms with van der Waals surface area (Å²) in [6.07, 6.45) is 0. The van der Waals surface area contributed by atoms with Crippen molar-refractivity contribution in [3.05, 3.63) is 76.4 Å². The number of hydrogen-bond donors (Lipinski definition) is 1. The molecule has 4 rings (SSSR count). The third-order valence-corrected chi connectivity index (χ3v) is 5.67. The fourth-order valence-electron chi connectivity index (χ4n) is 3.99. The molecule has 0 radical (unpaired) electrons. The third-order valence-electron chi connectivity index (χ3n) is 5.42. The van der Waals surface area contributed by atoms with E-state index < -0.39 is 0 Å². The van der Waals surface area contributed by atoms with Gasteiger partial charge in [0.2, 0.25) is 0 Å². The summed E-state index contributed by atoms with van der Waals surface area (Å²) >= 11 is 5.94. The molecule has 1 heterocycles. The zero-order valence-corrected chi connectivity index (χ0v) is 18.3. The maximum Gasteiger partial charge on any atom is 0.340 e. The number of halogens is 1. The number of rotatable bonds is 7. The Morgan fingerprint density at radius 1 is 1.06 bits per heavy atom.